The summed E-state index contributed by atoms with van der Waals surface area (Å²) in [4.78, 5) is 12.9. The van der Waals surface area contributed by atoms with Gasteiger partial charge in [-0.25, -0.2) is 13.8 Å². The third-order valence-corrected chi connectivity index (χ3v) is 7.15. The zero-order valence-electron chi connectivity index (χ0n) is 19.0. The van der Waals surface area contributed by atoms with Crippen LogP contribution in [0.4, 0.5) is 5.69 Å². The van der Waals surface area contributed by atoms with Gasteiger partial charge in [-0.15, -0.1) is 0 Å². The second-order valence-corrected chi connectivity index (χ2v) is 10.2. The van der Waals surface area contributed by atoms with Crippen LogP contribution in [-0.2, 0) is 14.8 Å². The van der Waals surface area contributed by atoms with E-state index in [2.05, 4.69) is 10.5 Å². The number of nitrogens with one attached hydrogen (secondary N) is 1. The summed E-state index contributed by atoms with van der Waals surface area (Å²) in [6.45, 7) is 6.94. The van der Waals surface area contributed by atoms with Crippen molar-refractivity contribution in [1.82, 2.24) is 5.43 Å². The van der Waals surface area contributed by atoms with Crippen LogP contribution >= 0.6 is 11.6 Å². The third kappa shape index (κ3) is 6.00. The van der Waals surface area contributed by atoms with E-state index in [1.54, 1.807) is 44.2 Å². The standard InChI is InChI=1S/C25H26ClN3O3S/c1-17-5-9-21(10-6-17)20(4)27-28-25(30)16-29(24-14-11-22(26)15-19(24)3)33(31,32)23-12-7-18(2)8-13-23/h5-15H,16H2,1-4H3,(H,28,30)/b27-20-. The number of hydrazone groups is 1. The van der Waals surface area contributed by atoms with E-state index in [0.717, 1.165) is 21.0 Å². The molecular formula is C25H26ClN3O3S. The van der Waals surface area contributed by atoms with E-state index in [0.29, 0.717) is 22.0 Å². The number of carbonyl (C=O) groups is 1. The number of rotatable bonds is 7. The number of nitrogens with zero attached hydrogens (tertiary/aromatic N) is 2. The van der Waals surface area contributed by atoms with Crippen molar-refractivity contribution in [3.63, 3.8) is 0 Å². The molecule has 0 spiro atoms. The SMILES string of the molecule is C/C(=N/NC(=O)CN(c1ccc(Cl)cc1C)S(=O)(=O)c1ccc(C)cc1)c1ccc(C)cc1. The molecule has 3 aromatic rings. The van der Waals surface area contributed by atoms with E-state index in [9.17, 15) is 13.2 Å². The van der Waals surface area contributed by atoms with E-state index in [1.807, 2.05) is 38.1 Å². The molecule has 3 rings (SSSR count). The minimum absolute atomic E-state index is 0.0922. The lowest BCUT2D eigenvalue weighted by atomic mass is 10.1. The van der Waals surface area contributed by atoms with E-state index in [4.69, 9.17) is 11.6 Å². The predicted octanol–water partition coefficient (Wildman–Crippen LogP) is 5.00. The molecular weight excluding hydrogens is 458 g/mol. The molecule has 0 aliphatic rings. The van der Waals surface area contributed by atoms with Gasteiger partial charge in [-0.05, 0) is 69.2 Å². The van der Waals surface area contributed by atoms with Gasteiger partial charge >= 0.3 is 0 Å². The highest BCUT2D eigenvalue weighted by atomic mass is 35.5. The molecule has 0 saturated carbocycles. The summed E-state index contributed by atoms with van der Waals surface area (Å²) in [5.74, 6) is -0.563. The average Bonchev–Trinajstić information content (AvgIpc) is 2.77. The van der Waals surface area contributed by atoms with Crippen molar-refractivity contribution < 1.29 is 13.2 Å². The molecule has 3 aromatic carbocycles. The fraction of sp³-hybridized carbons (Fsp3) is 0.200. The molecule has 0 aliphatic carbocycles. The molecule has 1 amide bonds. The minimum atomic E-state index is -4.02. The Hall–Kier alpha value is -3.16. The minimum Gasteiger partial charge on any atom is -0.271 e. The number of anilines is 1. The Labute approximate surface area is 200 Å². The number of benzene rings is 3. The Morgan fingerprint density at radius 3 is 2.09 bits per heavy atom. The van der Waals surface area contributed by atoms with Crippen molar-refractivity contribution in [1.29, 1.82) is 0 Å². The van der Waals surface area contributed by atoms with Gasteiger partial charge in [-0.3, -0.25) is 9.10 Å². The predicted molar refractivity (Wildman–Crippen MR) is 133 cm³/mol. The summed E-state index contributed by atoms with van der Waals surface area (Å²) in [6, 6.07) is 19.1. The van der Waals surface area contributed by atoms with Crippen molar-refractivity contribution in [3.05, 3.63) is 94.0 Å². The van der Waals surface area contributed by atoms with Crippen molar-refractivity contribution in [2.24, 2.45) is 5.10 Å². The van der Waals surface area contributed by atoms with E-state index >= 15 is 0 Å². The summed E-state index contributed by atoms with van der Waals surface area (Å²) in [7, 11) is -4.02. The Morgan fingerprint density at radius 2 is 1.52 bits per heavy atom. The van der Waals surface area contributed by atoms with E-state index < -0.39 is 22.5 Å². The van der Waals surface area contributed by atoms with Crippen molar-refractivity contribution in [3.8, 4) is 0 Å². The highest BCUT2D eigenvalue weighted by molar-refractivity contribution is 7.92. The molecule has 0 saturated heterocycles. The van der Waals surface area contributed by atoms with Crippen LogP contribution in [0.3, 0.4) is 0 Å². The zero-order chi connectivity index (χ0) is 24.2. The number of halogens is 1. The molecule has 0 heterocycles. The Morgan fingerprint density at radius 1 is 0.939 bits per heavy atom. The number of hydrogen-bond donors (Lipinski definition) is 1. The lowest BCUT2D eigenvalue weighted by Gasteiger charge is -2.25. The van der Waals surface area contributed by atoms with Gasteiger partial charge in [-0.2, -0.15) is 5.10 Å². The maximum Gasteiger partial charge on any atom is 0.264 e. The zero-order valence-corrected chi connectivity index (χ0v) is 20.5. The number of hydrogen-bond acceptors (Lipinski definition) is 4. The van der Waals surface area contributed by atoms with Gasteiger partial charge in [0.15, 0.2) is 0 Å². The molecule has 1 N–H and O–H groups in total. The quantitative estimate of drug-likeness (QED) is 0.379. The first-order valence-electron chi connectivity index (χ1n) is 10.3. The van der Waals surface area contributed by atoms with Crippen LogP contribution in [0.5, 0.6) is 0 Å². The topological polar surface area (TPSA) is 78.8 Å². The van der Waals surface area contributed by atoms with Crippen LogP contribution in [-0.4, -0.2) is 26.6 Å². The maximum absolute atomic E-state index is 13.5. The molecule has 6 nitrogen and oxygen atoms in total. The lowest BCUT2D eigenvalue weighted by molar-refractivity contribution is -0.119. The van der Waals surface area contributed by atoms with Gasteiger partial charge in [0.25, 0.3) is 15.9 Å². The third-order valence-electron chi connectivity index (χ3n) is 5.14. The molecule has 8 heteroatoms. The second kappa shape index (κ2) is 10.2. The van der Waals surface area contributed by atoms with Gasteiger partial charge in [-0.1, -0.05) is 59.1 Å². The molecule has 0 radical (unpaired) electrons. The normalized spacial score (nSPS) is 11.8. The Balaban J connectivity index is 1.91. The number of carbonyl (C=O) groups excluding carboxylic acids is 1. The van der Waals surface area contributed by atoms with Crippen LogP contribution in [0.15, 0.2) is 76.7 Å². The summed E-state index contributed by atoms with van der Waals surface area (Å²) in [5, 5.41) is 4.63. The molecule has 0 aromatic heterocycles. The van der Waals surface area contributed by atoms with Crippen LogP contribution in [0.25, 0.3) is 0 Å². The van der Waals surface area contributed by atoms with Gasteiger partial charge < -0.3 is 0 Å². The van der Waals surface area contributed by atoms with E-state index in [-0.39, 0.29) is 4.90 Å². The largest absolute Gasteiger partial charge is 0.271 e. The van der Waals surface area contributed by atoms with Crippen molar-refractivity contribution in [2.75, 3.05) is 10.8 Å². The molecule has 0 fully saturated rings. The fourth-order valence-electron chi connectivity index (χ4n) is 3.21. The average molecular weight is 484 g/mol. The first-order valence-corrected chi connectivity index (χ1v) is 12.2. The highest BCUT2D eigenvalue weighted by Crippen LogP contribution is 2.29. The second-order valence-electron chi connectivity index (χ2n) is 7.85. The van der Waals surface area contributed by atoms with Crippen LogP contribution in [0.2, 0.25) is 5.02 Å². The van der Waals surface area contributed by atoms with Gasteiger partial charge in [0, 0.05) is 5.02 Å². The lowest BCUT2D eigenvalue weighted by Crippen LogP contribution is -2.40. The summed E-state index contributed by atoms with van der Waals surface area (Å²) in [6.07, 6.45) is 0. The maximum atomic E-state index is 13.5. The molecule has 33 heavy (non-hydrogen) atoms. The Bertz CT molecular complexity index is 1290. The first kappa shape index (κ1) is 24.5. The molecule has 0 aliphatic heterocycles. The number of sulfonamides is 1. The van der Waals surface area contributed by atoms with E-state index in [1.165, 1.54) is 12.1 Å². The Kier molecular flexibility index (Phi) is 7.56. The van der Waals surface area contributed by atoms with Crippen LogP contribution in [0.1, 0.15) is 29.2 Å². The summed E-state index contributed by atoms with van der Waals surface area (Å²) >= 11 is 6.06. The van der Waals surface area contributed by atoms with Crippen molar-refractivity contribution >= 4 is 38.9 Å². The van der Waals surface area contributed by atoms with Gasteiger partial charge in [0.2, 0.25) is 0 Å². The number of aryl methyl sites for hydroxylation is 3. The smallest absolute Gasteiger partial charge is 0.264 e. The monoisotopic (exact) mass is 483 g/mol. The molecule has 0 unspecified atom stereocenters. The van der Waals surface area contributed by atoms with Crippen molar-refractivity contribution in [2.45, 2.75) is 32.6 Å². The number of amides is 1. The highest BCUT2D eigenvalue weighted by Gasteiger charge is 2.28. The summed E-state index contributed by atoms with van der Waals surface area (Å²) < 4.78 is 28.0. The molecule has 0 bridgehead atoms. The molecule has 172 valence electrons. The van der Waals surface area contributed by atoms with Gasteiger partial charge in [0.05, 0.1) is 16.3 Å². The van der Waals surface area contributed by atoms with Gasteiger partial charge in [0.1, 0.15) is 6.54 Å². The first-order chi connectivity index (χ1) is 15.6. The summed E-state index contributed by atoms with van der Waals surface area (Å²) in [5.41, 5.74) is 6.99. The van der Waals surface area contributed by atoms with Crippen LogP contribution in [0, 0.1) is 20.8 Å². The van der Waals surface area contributed by atoms with Crippen LogP contribution < -0.4 is 9.73 Å². The molecule has 0 atom stereocenters. The fourth-order valence-corrected chi connectivity index (χ4v) is 4.92.